The van der Waals surface area contributed by atoms with Crippen molar-refractivity contribution in [3.63, 3.8) is 0 Å². The van der Waals surface area contributed by atoms with Crippen LogP contribution in [0.3, 0.4) is 0 Å². The van der Waals surface area contributed by atoms with E-state index in [0.717, 1.165) is 11.3 Å². The highest BCUT2D eigenvalue weighted by Gasteiger charge is 2.09. The molecular formula is C16H15ClN6O. The molecule has 3 aromatic rings. The molecule has 0 aliphatic rings. The van der Waals surface area contributed by atoms with Gasteiger partial charge in [-0.2, -0.15) is 5.10 Å². The molecule has 122 valence electrons. The molecule has 0 fully saturated rings. The Hall–Kier alpha value is -2.80. The molecule has 2 aromatic heterocycles. The van der Waals surface area contributed by atoms with Gasteiger partial charge in [0.05, 0.1) is 11.9 Å². The maximum atomic E-state index is 11.9. The molecule has 0 aliphatic heterocycles. The van der Waals surface area contributed by atoms with E-state index in [4.69, 9.17) is 11.6 Å². The number of aromatic nitrogens is 5. The lowest BCUT2D eigenvalue weighted by Gasteiger charge is -2.02. The Morgan fingerprint density at radius 2 is 2.00 bits per heavy atom. The first-order valence-electron chi connectivity index (χ1n) is 7.36. The van der Waals surface area contributed by atoms with Gasteiger partial charge in [-0.3, -0.25) is 14.9 Å². The smallest absolute Gasteiger partial charge is 0.271 e. The van der Waals surface area contributed by atoms with Gasteiger partial charge < -0.3 is 5.32 Å². The molecule has 0 aliphatic carbocycles. The molecule has 2 N–H and O–H groups in total. The standard InChI is InChI=1S/C16H15ClN6O/c1-10-8-20-13(9-19-10)16(24)18-7-6-14-21-15(23-22-14)11-2-4-12(17)5-3-11/h2-5,8-9H,6-7H2,1H3,(H,18,24)(H,21,22,23). The van der Waals surface area contributed by atoms with Crippen molar-refractivity contribution in [2.45, 2.75) is 13.3 Å². The van der Waals surface area contributed by atoms with Crippen molar-refractivity contribution in [1.29, 1.82) is 0 Å². The number of amides is 1. The Labute approximate surface area is 143 Å². The molecular weight excluding hydrogens is 328 g/mol. The molecule has 0 radical (unpaired) electrons. The third-order valence-electron chi connectivity index (χ3n) is 3.30. The Bertz CT molecular complexity index is 829. The van der Waals surface area contributed by atoms with E-state index in [1.165, 1.54) is 6.20 Å². The number of hydrogen-bond donors (Lipinski definition) is 2. The number of aromatic amines is 1. The van der Waals surface area contributed by atoms with Crippen molar-refractivity contribution in [3.05, 3.63) is 58.9 Å². The molecule has 3 rings (SSSR count). The maximum Gasteiger partial charge on any atom is 0.271 e. The van der Waals surface area contributed by atoms with Crippen LogP contribution in [0, 0.1) is 6.92 Å². The van der Waals surface area contributed by atoms with E-state index in [9.17, 15) is 4.79 Å². The predicted molar refractivity (Wildman–Crippen MR) is 89.6 cm³/mol. The molecule has 0 spiro atoms. The number of benzene rings is 1. The molecule has 0 saturated carbocycles. The van der Waals surface area contributed by atoms with Gasteiger partial charge in [-0.15, -0.1) is 0 Å². The Balaban J connectivity index is 1.55. The van der Waals surface area contributed by atoms with Crippen LogP contribution in [0.15, 0.2) is 36.7 Å². The fourth-order valence-electron chi connectivity index (χ4n) is 2.03. The molecule has 0 bridgehead atoms. The first-order chi connectivity index (χ1) is 11.6. The minimum atomic E-state index is -0.264. The van der Waals surface area contributed by atoms with Gasteiger partial charge in [-0.05, 0) is 31.2 Å². The summed E-state index contributed by atoms with van der Waals surface area (Å²) in [4.78, 5) is 24.4. The number of nitrogens with zero attached hydrogens (tertiary/aromatic N) is 4. The molecule has 0 unspecified atom stereocenters. The second-order valence-corrected chi connectivity index (χ2v) is 5.60. The van der Waals surface area contributed by atoms with Crippen LogP contribution >= 0.6 is 11.6 Å². The van der Waals surface area contributed by atoms with Crippen molar-refractivity contribution in [3.8, 4) is 11.4 Å². The van der Waals surface area contributed by atoms with Crippen LogP contribution in [0.5, 0.6) is 0 Å². The quantitative estimate of drug-likeness (QED) is 0.741. The Morgan fingerprint density at radius 3 is 2.71 bits per heavy atom. The van der Waals surface area contributed by atoms with Gasteiger partial charge in [0.1, 0.15) is 11.5 Å². The van der Waals surface area contributed by atoms with Crippen molar-refractivity contribution in [2.24, 2.45) is 0 Å². The van der Waals surface area contributed by atoms with Gasteiger partial charge in [0.25, 0.3) is 5.91 Å². The number of carbonyl (C=O) groups is 1. The second kappa shape index (κ2) is 7.18. The van der Waals surface area contributed by atoms with Gasteiger partial charge in [0, 0.05) is 29.7 Å². The fourth-order valence-corrected chi connectivity index (χ4v) is 2.16. The largest absolute Gasteiger partial charge is 0.350 e. The lowest BCUT2D eigenvalue weighted by atomic mass is 10.2. The maximum absolute atomic E-state index is 11.9. The summed E-state index contributed by atoms with van der Waals surface area (Å²) in [6.07, 6.45) is 3.55. The average molecular weight is 343 g/mol. The van der Waals surface area contributed by atoms with Gasteiger partial charge in [-0.25, -0.2) is 9.97 Å². The molecule has 24 heavy (non-hydrogen) atoms. The number of rotatable bonds is 5. The van der Waals surface area contributed by atoms with Gasteiger partial charge in [0.15, 0.2) is 5.82 Å². The number of H-pyrrole nitrogens is 1. The lowest BCUT2D eigenvalue weighted by molar-refractivity contribution is 0.0948. The number of carbonyl (C=O) groups excluding carboxylic acids is 1. The summed E-state index contributed by atoms with van der Waals surface area (Å²) in [6, 6.07) is 7.28. The first-order valence-corrected chi connectivity index (χ1v) is 7.73. The zero-order chi connectivity index (χ0) is 16.9. The summed E-state index contributed by atoms with van der Waals surface area (Å²) in [5, 5.41) is 10.5. The van der Waals surface area contributed by atoms with Gasteiger partial charge >= 0.3 is 0 Å². The zero-order valence-corrected chi connectivity index (χ0v) is 13.7. The molecule has 8 heteroatoms. The zero-order valence-electron chi connectivity index (χ0n) is 13.0. The van der Waals surface area contributed by atoms with Crippen LogP contribution in [0.25, 0.3) is 11.4 Å². The minimum absolute atomic E-state index is 0.264. The third-order valence-corrected chi connectivity index (χ3v) is 3.55. The third kappa shape index (κ3) is 3.94. The van der Waals surface area contributed by atoms with E-state index >= 15 is 0 Å². The predicted octanol–water partition coefficient (Wildman–Crippen LogP) is 2.20. The van der Waals surface area contributed by atoms with E-state index in [-0.39, 0.29) is 5.91 Å². The topological polar surface area (TPSA) is 96.5 Å². The molecule has 2 heterocycles. The normalized spacial score (nSPS) is 10.6. The van der Waals surface area contributed by atoms with E-state index in [1.807, 2.05) is 19.1 Å². The van der Waals surface area contributed by atoms with Crippen LogP contribution in [-0.4, -0.2) is 37.6 Å². The van der Waals surface area contributed by atoms with Crippen LogP contribution in [0.2, 0.25) is 5.02 Å². The highest BCUT2D eigenvalue weighted by molar-refractivity contribution is 6.30. The van der Waals surface area contributed by atoms with Crippen molar-refractivity contribution in [1.82, 2.24) is 30.5 Å². The summed E-state index contributed by atoms with van der Waals surface area (Å²) in [7, 11) is 0. The summed E-state index contributed by atoms with van der Waals surface area (Å²) in [6.45, 7) is 2.24. The number of hydrogen-bond acceptors (Lipinski definition) is 5. The molecule has 0 atom stereocenters. The van der Waals surface area contributed by atoms with Crippen LogP contribution < -0.4 is 5.32 Å². The minimum Gasteiger partial charge on any atom is -0.350 e. The summed E-state index contributed by atoms with van der Waals surface area (Å²) >= 11 is 5.86. The van der Waals surface area contributed by atoms with Gasteiger partial charge in [0.2, 0.25) is 0 Å². The second-order valence-electron chi connectivity index (χ2n) is 5.16. The lowest BCUT2D eigenvalue weighted by Crippen LogP contribution is -2.27. The van der Waals surface area contributed by atoms with Crippen molar-refractivity contribution >= 4 is 17.5 Å². The van der Waals surface area contributed by atoms with Crippen LogP contribution in [0.1, 0.15) is 22.0 Å². The van der Waals surface area contributed by atoms with E-state index in [1.54, 1.807) is 18.3 Å². The highest BCUT2D eigenvalue weighted by Crippen LogP contribution is 2.17. The first kappa shape index (κ1) is 16.1. The summed E-state index contributed by atoms with van der Waals surface area (Å²) in [5.74, 6) is 1.02. The number of nitrogens with one attached hydrogen (secondary N) is 2. The monoisotopic (exact) mass is 342 g/mol. The summed E-state index contributed by atoms with van der Waals surface area (Å²) in [5.41, 5.74) is 1.93. The molecule has 0 saturated heterocycles. The molecule has 7 nitrogen and oxygen atoms in total. The summed E-state index contributed by atoms with van der Waals surface area (Å²) < 4.78 is 0. The Morgan fingerprint density at radius 1 is 1.21 bits per heavy atom. The molecule has 1 aromatic carbocycles. The number of halogens is 1. The van der Waals surface area contributed by atoms with E-state index in [2.05, 4.69) is 30.5 Å². The van der Waals surface area contributed by atoms with Crippen LogP contribution in [0.4, 0.5) is 0 Å². The van der Waals surface area contributed by atoms with Crippen molar-refractivity contribution < 1.29 is 4.79 Å². The van der Waals surface area contributed by atoms with Crippen molar-refractivity contribution in [2.75, 3.05) is 6.54 Å². The van der Waals surface area contributed by atoms with E-state index < -0.39 is 0 Å². The Kier molecular flexibility index (Phi) is 4.81. The highest BCUT2D eigenvalue weighted by atomic mass is 35.5. The average Bonchev–Trinajstić information content (AvgIpc) is 3.05. The van der Waals surface area contributed by atoms with Crippen LogP contribution in [-0.2, 0) is 6.42 Å². The molecule has 1 amide bonds. The van der Waals surface area contributed by atoms with E-state index in [0.29, 0.717) is 35.3 Å². The fraction of sp³-hybridized carbons (Fsp3) is 0.188. The number of aryl methyl sites for hydroxylation is 1. The van der Waals surface area contributed by atoms with Gasteiger partial charge in [-0.1, -0.05) is 11.6 Å². The SMILES string of the molecule is Cc1cnc(C(=O)NCCc2nc(-c3ccc(Cl)cc3)n[nH]2)cn1.